The zero-order chi connectivity index (χ0) is 28.4. The van der Waals surface area contributed by atoms with E-state index in [-0.39, 0.29) is 11.7 Å². The lowest BCUT2D eigenvalue weighted by Crippen LogP contribution is -2.49. The van der Waals surface area contributed by atoms with Crippen LogP contribution in [-0.4, -0.2) is 90.9 Å². The number of amides is 2. The van der Waals surface area contributed by atoms with Crippen molar-refractivity contribution in [2.45, 2.75) is 6.36 Å². The van der Waals surface area contributed by atoms with Crippen LogP contribution < -0.4 is 15.4 Å². The van der Waals surface area contributed by atoms with Crippen LogP contribution in [0.3, 0.4) is 0 Å². The van der Waals surface area contributed by atoms with Gasteiger partial charge < -0.3 is 25.0 Å². The number of alkyl halides is 3. The van der Waals surface area contributed by atoms with E-state index in [0.29, 0.717) is 62.0 Å². The van der Waals surface area contributed by atoms with Crippen LogP contribution in [0.4, 0.5) is 24.7 Å². The summed E-state index contributed by atoms with van der Waals surface area (Å²) in [5.74, 6) is 0.0519. The summed E-state index contributed by atoms with van der Waals surface area (Å²) in [6, 6.07) is 14.2. The van der Waals surface area contributed by atoms with Gasteiger partial charge in [-0.25, -0.2) is 9.97 Å². The van der Waals surface area contributed by atoms with Gasteiger partial charge in [0.25, 0.3) is 5.91 Å². The predicted octanol–water partition coefficient (Wildman–Crippen LogP) is 3.31. The molecule has 1 aliphatic heterocycles. The van der Waals surface area contributed by atoms with Crippen molar-refractivity contribution >= 4 is 23.8 Å². The fourth-order valence-electron chi connectivity index (χ4n) is 4.13. The predicted molar refractivity (Wildman–Crippen MR) is 141 cm³/mol. The molecule has 4 rings (SSSR count). The maximum Gasteiger partial charge on any atom is 0.573 e. The zero-order valence-corrected chi connectivity index (χ0v) is 21.6. The summed E-state index contributed by atoms with van der Waals surface area (Å²) in [7, 11) is 0. The molecule has 1 saturated heterocycles. The molecule has 40 heavy (non-hydrogen) atoms. The molecule has 0 radical (unpaired) electrons. The third-order valence-corrected chi connectivity index (χ3v) is 6.12. The third kappa shape index (κ3) is 8.64. The average molecular weight is 559 g/mol. The molecule has 0 atom stereocenters. The number of benzene rings is 2. The first kappa shape index (κ1) is 28.8. The van der Waals surface area contributed by atoms with Crippen molar-refractivity contribution < 1.29 is 32.2 Å². The molecule has 1 aromatic heterocycles. The number of hydrogen-bond acceptors (Lipinski definition) is 8. The summed E-state index contributed by atoms with van der Waals surface area (Å²) in [5.41, 5.74) is 2.37. The number of carbonyl (C=O) groups is 2. The molecule has 0 saturated carbocycles. The summed E-state index contributed by atoms with van der Waals surface area (Å²) >= 11 is 0. The van der Waals surface area contributed by atoms with Gasteiger partial charge in [-0.05, 0) is 36.4 Å². The maximum absolute atomic E-state index is 13.2. The molecule has 13 heteroatoms. The van der Waals surface area contributed by atoms with E-state index in [9.17, 15) is 22.8 Å². The Labute approximate surface area is 229 Å². The summed E-state index contributed by atoms with van der Waals surface area (Å²) < 4.78 is 46.5. The van der Waals surface area contributed by atoms with Crippen LogP contribution in [0.15, 0.2) is 60.9 Å². The minimum Gasteiger partial charge on any atom is -0.406 e. The second kappa shape index (κ2) is 13.7. The number of hydrogen-bond donors (Lipinski definition) is 2. The zero-order valence-electron chi connectivity index (χ0n) is 21.6. The topological polar surface area (TPSA) is 109 Å². The summed E-state index contributed by atoms with van der Waals surface area (Å²) in [6.45, 7) is 4.95. The smallest absolute Gasteiger partial charge is 0.406 e. The molecule has 1 fully saturated rings. The van der Waals surface area contributed by atoms with Gasteiger partial charge in [0.2, 0.25) is 6.41 Å². The fourth-order valence-corrected chi connectivity index (χ4v) is 4.13. The van der Waals surface area contributed by atoms with Gasteiger partial charge in [0.1, 0.15) is 17.9 Å². The van der Waals surface area contributed by atoms with Crippen molar-refractivity contribution in [2.75, 3.05) is 57.8 Å². The first-order chi connectivity index (χ1) is 19.3. The summed E-state index contributed by atoms with van der Waals surface area (Å²) in [5, 5.41) is 5.58. The normalized spacial score (nSPS) is 14.0. The molecule has 2 heterocycles. The highest BCUT2D eigenvalue weighted by Gasteiger charge is 2.31. The molecule has 2 aromatic carbocycles. The van der Waals surface area contributed by atoms with Gasteiger partial charge in [-0.15, -0.1) is 13.2 Å². The molecule has 0 aliphatic carbocycles. The number of nitrogens with one attached hydrogen (secondary N) is 2. The molecule has 10 nitrogen and oxygen atoms in total. The van der Waals surface area contributed by atoms with Crippen LogP contribution in [0.25, 0.3) is 11.3 Å². The van der Waals surface area contributed by atoms with E-state index < -0.39 is 6.36 Å². The highest BCUT2D eigenvalue weighted by Crippen LogP contribution is 2.26. The Morgan fingerprint density at radius 3 is 2.50 bits per heavy atom. The van der Waals surface area contributed by atoms with Crippen molar-refractivity contribution in [3.05, 3.63) is 66.5 Å². The summed E-state index contributed by atoms with van der Waals surface area (Å²) in [4.78, 5) is 36.0. The standard InChI is InChI=1S/C27H29F3N6O4/c28-27(29,30)40-23-6-4-22(5-7-23)34-25-17-24(32-18-33-25)20-2-1-3-21(16-20)26(38)36-11-9-35(10-12-36)13-15-39-14-8-31-19-37/h1-7,16-19H,8-15H2,(H,31,37)(H,32,33,34). The molecular weight excluding hydrogens is 529 g/mol. The Morgan fingerprint density at radius 2 is 1.77 bits per heavy atom. The lowest BCUT2D eigenvalue weighted by Gasteiger charge is -2.34. The van der Waals surface area contributed by atoms with Crippen LogP contribution in [-0.2, 0) is 9.53 Å². The SMILES string of the molecule is O=CNCCOCCN1CCN(C(=O)c2cccc(-c3cc(Nc4ccc(OC(F)(F)F)cc4)ncn3)c2)CC1. The van der Waals surface area contributed by atoms with E-state index >= 15 is 0 Å². The van der Waals surface area contributed by atoms with Crippen molar-refractivity contribution in [3.8, 4) is 17.0 Å². The minimum atomic E-state index is -4.76. The lowest BCUT2D eigenvalue weighted by atomic mass is 10.1. The lowest BCUT2D eigenvalue weighted by molar-refractivity contribution is -0.274. The minimum absolute atomic E-state index is 0.0637. The van der Waals surface area contributed by atoms with Gasteiger partial charge in [-0.3, -0.25) is 14.5 Å². The Kier molecular flexibility index (Phi) is 9.86. The number of anilines is 2. The average Bonchev–Trinajstić information content (AvgIpc) is 2.95. The second-order valence-electron chi connectivity index (χ2n) is 8.88. The Morgan fingerprint density at radius 1 is 1.00 bits per heavy atom. The van der Waals surface area contributed by atoms with Crippen molar-refractivity contribution in [2.24, 2.45) is 0 Å². The first-order valence-electron chi connectivity index (χ1n) is 12.6. The van der Waals surface area contributed by atoms with Gasteiger partial charge >= 0.3 is 6.36 Å². The number of piperazine rings is 1. The van der Waals surface area contributed by atoms with Gasteiger partial charge in [-0.2, -0.15) is 0 Å². The number of carbonyl (C=O) groups excluding carboxylic acids is 2. The largest absolute Gasteiger partial charge is 0.573 e. The van der Waals surface area contributed by atoms with Crippen molar-refractivity contribution in [1.29, 1.82) is 0 Å². The number of nitrogens with zero attached hydrogens (tertiary/aromatic N) is 4. The highest BCUT2D eigenvalue weighted by molar-refractivity contribution is 5.95. The third-order valence-electron chi connectivity index (χ3n) is 6.12. The molecule has 0 spiro atoms. The molecule has 0 unspecified atom stereocenters. The molecule has 3 aromatic rings. The van der Waals surface area contributed by atoms with E-state index in [1.807, 2.05) is 11.0 Å². The quantitative estimate of drug-likeness (QED) is 0.258. The second-order valence-corrected chi connectivity index (χ2v) is 8.88. The Balaban J connectivity index is 1.32. The Bertz CT molecular complexity index is 1270. The first-order valence-corrected chi connectivity index (χ1v) is 12.6. The van der Waals surface area contributed by atoms with Crippen LogP contribution in [0, 0.1) is 0 Å². The van der Waals surface area contributed by atoms with Gasteiger partial charge in [0, 0.05) is 62.1 Å². The fraction of sp³-hybridized carbons (Fsp3) is 0.333. The molecule has 1 aliphatic rings. The van der Waals surface area contributed by atoms with E-state index in [0.717, 1.165) is 25.2 Å². The van der Waals surface area contributed by atoms with Gasteiger partial charge in [-0.1, -0.05) is 12.1 Å². The van der Waals surface area contributed by atoms with Crippen LogP contribution in [0.5, 0.6) is 5.75 Å². The number of halogens is 3. The molecule has 212 valence electrons. The molecular formula is C27H29F3N6O4. The highest BCUT2D eigenvalue weighted by atomic mass is 19.4. The van der Waals surface area contributed by atoms with Gasteiger partial charge in [0.05, 0.1) is 18.9 Å². The van der Waals surface area contributed by atoms with E-state index in [2.05, 4.69) is 30.2 Å². The van der Waals surface area contributed by atoms with E-state index in [4.69, 9.17) is 4.74 Å². The van der Waals surface area contributed by atoms with Crippen molar-refractivity contribution in [3.63, 3.8) is 0 Å². The van der Waals surface area contributed by atoms with E-state index in [1.54, 1.807) is 24.3 Å². The monoisotopic (exact) mass is 558 g/mol. The van der Waals surface area contributed by atoms with Crippen molar-refractivity contribution in [1.82, 2.24) is 25.1 Å². The molecule has 2 N–H and O–H groups in total. The van der Waals surface area contributed by atoms with E-state index in [1.165, 1.54) is 30.6 Å². The van der Waals surface area contributed by atoms with Crippen LogP contribution >= 0.6 is 0 Å². The number of rotatable bonds is 12. The number of ether oxygens (including phenoxy) is 2. The number of aromatic nitrogens is 2. The van der Waals surface area contributed by atoms with Crippen LogP contribution in [0.1, 0.15) is 10.4 Å². The van der Waals surface area contributed by atoms with Gasteiger partial charge in [0.15, 0.2) is 0 Å². The summed E-state index contributed by atoms with van der Waals surface area (Å²) in [6.07, 6.45) is -2.74. The Hall–Kier alpha value is -4.23. The van der Waals surface area contributed by atoms with Crippen LogP contribution in [0.2, 0.25) is 0 Å². The molecule has 2 amide bonds. The maximum atomic E-state index is 13.2. The molecule has 0 bridgehead atoms.